The molecule has 0 saturated carbocycles. The lowest BCUT2D eigenvalue weighted by Crippen LogP contribution is -2.06. The smallest absolute Gasteiger partial charge is 0.306 e. The summed E-state index contributed by atoms with van der Waals surface area (Å²) in [6, 6.07) is 0. The third kappa shape index (κ3) is 27.4. The summed E-state index contributed by atoms with van der Waals surface area (Å²) in [7, 11) is 0. The van der Waals surface area contributed by atoms with Crippen molar-refractivity contribution in [3.8, 4) is 0 Å². The third-order valence-corrected chi connectivity index (χ3v) is 9.10. The average Bonchev–Trinajstić information content (AvgIpc) is 3.36. The number of rotatable bonds is 32. The number of ether oxygens (including phenoxy) is 1. The topological polar surface area (TPSA) is 26.3 Å². The maximum atomic E-state index is 11.1. The highest BCUT2D eigenvalue weighted by Gasteiger charge is 2.22. The first-order chi connectivity index (χ1) is 19.3. The Morgan fingerprint density at radius 2 is 0.692 bits per heavy atom. The molecule has 0 amide bonds. The van der Waals surface area contributed by atoms with E-state index in [9.17, 15) is 4.79 Å². The van der Waals surface area contributed by atoms with Gasteiger partial charge in [0.1, 0.15) is 6.10 Å². The van der Waals surface area contributed by atoms with Crippen LogP contribution in [0.4, 0.5) is 0 Å². The van der Waals surface area contributed by atoms with Gasteiger partial charge in [0.15, 0.2) is 0 Å². The highest BCUT2D eigenvalue weighted by atomic mass is 16.5. The van der Waals surface area contributed by atoms with Gasteiger partial charge < -0.3 is 4.74 Å². The van der Waals surface area contributed by atoms with E-state index in [4.69, 9.17) is 4.74 Å². The lowest BCUT2D eigenvalue weighted by Gasteiger charge is -2.08. The summed E-state index contributed by atoms with van der Waals surface area (Å²) >= 11 is 0. The molecule has 1 heterocycles. The van der Waals surface area contributed by atoms with E-state index in [0.29, 0.717) is 6.42 Å². The van der Waals surface area contributed by atoms with E-state index in [2.05, 4.69) is 6.92 Å². The normalized spacial score (nSPS) is 15.3. The van der Waals surface area contributed by atoms with E-state index >= 15 is 0 Å². The highest BCUT2D eigenvalue weighted by molar-refractivity contribution is 5.71. The zero-order valence-corrected chi connectivity index (χ0v) is 26.9. The van der Waals surface area contributed by atoms with Crippen LogP contribution in [0.5, 0.6) is 0 Å². The fraction of sp³-hybridized carbons (Fsp3) is 0.973. The van der Waals surface area contributed by atoms with Gasteiger partial charge in [-0.1, -0.05) is 200 Å². The van der Waals surface area contributed by atoms with Gasteiger partial charge in [-0.25, -0.2) is 0 Å². The van der Waals surface area contributed by atoms with Crippen molar-refractivity contribution in [3.63, 3.8) is 0 Å². The van der Waals surface area contributed by atoms with Crippen LogP contribution in [-0.2, 0) is 9.53 Å². The maximum absolute atomic E-state index is 11.1. The molecule has 1 saturated heterocycles. The van der Waals surface area contributed by atoms with Crippen molar-refractivity contribution in [3.05, 3.63) is 0 Å². The van der Waals surface area contributed by atoms with Crippen molar-refractivity contribution < 1.29 is 9.53 Å². The van der Waals surface area contributed by atoms with Crippen molar-refractivity contribution in [1.29, 1.82) is 0 Å². The zero-order valence-electron chi connectivity index (χ0n) is 26.9. The van der Waals surface area contributed by atoms with Gasteiger partial charge in [-0.05, 0) is 19.3 Å². The number of esters is 1. The first kappa shape index (κ1) is 36.5. The molecule has 1 aliphatic rings. The van der Waals surface area contributed by atoms with E-state index in [1.807, 2.05) is 0 Å². The van der Waals surface area contributed by atoms with Gasteiger partial charge in [0.2, 0.25) is 0 Å². The number of hydrogen-bond donors (Lipinski definition) is 0. The molecule has 0 aromatic rings. The highest BCUT2D eigenvalue weighted by Crippen LogP contribution is 2.20. The van der Waals surface area contributed by atoms with Crippen LogP contribution in [-0.4, -0.2) is 12.1 Å². The van der Waals surface area contributed by atoms with E-state index in [1.165, 1.54) is 199 Å². The number of carbonyl (C=O) groups excluding carboxylic acids is 1. The van der Waals surface area contributed by atoms with Crippen LogP contribution in [0, 0.1) is 0 Å². The fourth-order valence-corrected chi connectivity index (χ4v) is 6.36. The van der Waals surface area contributed by atoms with Gasteiger partial charge in [0, 0.05) is 6.42 Å². The quantitative estimate of drug-likeness (QED) is 0.0617. The second-order valence-electron chi connectivity index (χ2n) is 13.0. The summed E-state index contributed by atoms with van der Waals surface area (Å²) in [6.45, 7) is 2.30. The Morgan fingerprint density at radius 3 is 0.923 bits per heavy atom. The summed E-state index contributed by atoms with van der Waals surface area (Å²) < 4.78 is 5.29. The molecule has 1 aliphatic heterocycles. The molecule has 0 aromatic carbocycles. The van der Waals surface area contributed by atoms with E-state index in [0.717, 1.165) is 12.8 Å². The molecule has 0 unspecified atom stereocenters. The minimum Gasteiger partial charge on any atom is -0.462 e. The van der Waals surface area contributed by atoms with Crippen molar-refractivity contribution in [2.24, 2.45) is 0 Å². The molecule has 232 valence electrons. The second kappa shape index (κ2) is 30.4. The van der Waals surface area contributed by atoms with E-state index in [-0.39, 0.29) is 12.1 Å². The molecule has 0 aromatic heterocycles. The number of cyclic esters (lactones) is 1. The molecular formula is C37H72O2. The Bertz CT molecular complexity index is 488. The van der Waals surface area contributed by atoms with Gasteiger partial charge in [-0.2, -0.15) is 0 Å². The first-order valence-corrected chi connectivity index (χ1v) is 18.5. The maximum Gasteiger partial charge on any atom is 0.306 e. The summed E-state index contributed by atoms with van der Waals surface area (Å²) in [4.78, 5) is 11.1. The van der Waals surface area contributed by atoms with Crippen molar-refractivity contribution in [2.75, 3.05) is 0 Å². The molecular weight excluding hydrogens is 476 g/mol. The minimum absolute atomic E-state index is 0.0146. The molecule has 39 heavy (non-hydrogen) atoms. The number of unbranched alkanes of at least 4 members (excludes halogenated alkanes) is 30. The summed E-state index contributed by atoms with van der Waals surface area (Å²) in [5, 5.41) is 0. The van der Waals surface area contributed by atoms with Crippen molar-refractivity contribution in [2.45, 2.75) is 231 Å². The van der Waals surface area contributed by atoms with Gasteiger partial charge >= 0.3 is 5.97 Å². The number of carbonyl (C=O) groups is 1. The van der Waals surface area contributed by atoms with Crippen molar-refractivity contribution in [1.82, 2.24) is 0 Å². The molecule has 2 nitrogen and oxygen atoms in total. The zero-order chi connectivity index (χ0) is 27.9. The van der Waals surface area contributed by atoms with E-state index < -0.39 is 0 Å². The van der Waals surface area contributed by atoms with Crippen LogP contribution in [0.1, 0.15) is 225 Å². The van der Waals surface area contributed by atoms with Crippen LogP contribution in [0.2, 0.25) is 0 Å². The molecule has 0 spiro atoms. The summed E-state index contributed by atoms with van der Waals surface area (Å²) in [6.07, 6.45) is 47.8. The lowest BCUT2D eigenvalue weighted by atomic mass is 10.0. The van der Waals surface area contributed by atoms with E-state index in [1.54, 1.807) is 0 Å². The SMILES string of the molecule is CCCCCCCCCCCCCCCCCCCCCCCCCCCCCCCCC[C@H]1CCC(=O)O1. The number of hydrogen-bond acceptors (Lipinski definition) is 2. The van der Waals surface area contributed by atoms with Gasteiger partial charge in [0.05, 0.1) is 0 Å². The Labute approximate surface area is 246 Å². The standard InChI is InChI=1S/C37H72O2/c1-2-3-4-5-6-7-8-9-10-11-12-13-14-15-16-17-18-19-20-21-22-23-24-25-26-27-28-29-30-31-32-33-36-34-35-37(38)39-36/h36H,2-35H2,1H3/t36-/m0/s1. The average molecular weight is 549 g/mol. The first-order valence-electron chi connectivity index (χ1n) is 18.5. The fourth-order valence-electron chi connectivity index (χ4n) is 6.36. The Hall–Kier alpha value is -0.530. The molecule has 1 rings (SSSR count). The molecule has 0 bridgehead atoms. The van der Waals surface area contributed by atoms with Crippen LogP contribution >= 0.6 is 0 Å². The van der Waals surface area contributed by atoms with Crippen LogP contribution in [0.15, 0.2) is 0 Å². The Kier molecular flexibility index (Phi) is 28.5. The predicted octanol–water partition coefficient (Wildman–Crippen LogP) is 13.2. The van der Waals surface area contributed by atoms with Gasteiger partial charge in [-0.3, -0.25) is 4.79 Å². The predicted molar refractivity (Wildman–Crippen MR) is 173 cm³/mol. The third-order valence-electron chi connectivity index (χ3n) is 9.10. The van der Waals surface area contributed by atoms with Crippen LogP contribution in [0.3, 0.4) is 0 Å². The second-order valence-corrected chi connectivity index (χ2v) is 13.0. The van der Waals surface area contributed by atoms with Crippen LogP contribution in [0.25, 0.3) is 0 Å². The molecule has 2 heteroatoms. The Balaban J connectivity index is 1.61. The van der Waals surface area contributed by atoms with Crippen LogP contribution < -0.4 is 0 Å². The Morgan fingerprint density at radius 1 is 0.436 bits per heavy atom. The van der Waals surface area contributed by atoms with Gasteiger partial charge in [0.25, 0.3) is 0 Å². The summed E-state index contributed by atoms with van der Waals surface area (Å²) in [5.41, 5.74) is 0. The molecule has 1 fully saturated rings. The monoisotopic (exact) mass is 549 g/mol. The molecule has 0 aliphatic carbocycles. The van der Waals surface area contributed by atoms with Crippen molar-refractivity contribution >= 4 is 5.97 Å². The minimum atomic E-state index is 0.0146. The molecule has 0 radical (unpaired) electrons. The molecule has 0 N–H and O–H groups in total. The lowest BCUT2D eigenvalue weighted by molar-refractivity contribution is -0.141. The van der Waals surface area contributed by atoms with Gasteiger partial charge in [-0.15, -0.1) is 0 Å². The molecule has 1 atom stereocenters. The summed E-state index contributed by atoms with van der Waals surface area (Å²) in [5.74, 6) is 0.0146. The largest absolute Gasteiger partial charge is 0.462 e.